The Morgan fingerprint density at radius 2 is 1.90 bits per heavy atom. The molecular formula is C21H16N4O5S. The number of imide groups is 2. The Bertz CT molecular complexity index is 1170. The average molecular weight is 436 g/mol. The molecule has 1 aromatic heterocycles. The minimum Gasteiger partial charge on any atom is -0.347 e. The van der Waals surface area contributed by atoms with Gasteiger partial charge >= 0.3 is 0 Å². The molecule has 0 aliphatic carbocycles. The molecule has 10 heteroatoms. The fourth-order valence-electron chi connectivity index (χ4n) is 3.24. The van der Waals surface area contributed by atoms with Gasteiger partial charge in [0.05, 0.1) is 11.1 Å². The highest BCUT2D eigenvalue weighted by atomic mass is 32.2. The van der Waals surface area contributed by atoms with E-state index in [-0.39, 0.29) is 41.4 Å². The van der Waals surface area contributed by atoms with Crippen molar-refractivity contribution in [3.8, 4) is 0 Å². The summed E-state index contributed by atoms with van der Waals surface area (Å²) in [6.45, 7) is 0.122. The largest absolute Gasteiger partial charge is 0.347 e. The van der Waals surface area contributed by atoms with E-state index in [0.29, 0.717) is 5.56 Å². The monoisotopic (exact) mass is 436 g/mol. The van der Waals surface area contributed by atoms with Crippen molar-refractivity contribution in [1.82, 2.24) is 20.5 Å². The van der Waals surface area contributed by atoms with E-state index in [2.05, 4.69) is 15.6 Å². The number of aromatic nitrogens is 1. The Balaban J connectivity index is 1.50. The molecule has 2 N–H and O–H groups in total. The summed E-state index contributed by atoms with van der Waals surface area (Å²) in [4.78, 5) is 67.0. The fraction of sp³-hybridized carbons (Fsp3) is 0.143. The molecule has 31 heavy (non-hydrogen) atoms. The number of rotatable bonds is 5. The molecule has 0 saturated heterocycles. The molecule has 0 spiro atoms. The number of amides is 5. The predicted octanol–water partition coefficient (Wildman–Crippen LogP) is 1.26. The summed E-state index contributed by atoms with van der Waals surface area (Å²) in [6, 6.07) is 8.03. The molecule has 156 valence electrons. The molecule has 3 heterocycles. The number of nitrogens with zero attached hydrogens (tertiary/aromatic N) is 2. The van der Waals surface area contributed by atoms with Gasteiger partial charge in [-0.2, -0.15) is 0 Å². The fourth-order valence-corrected chi connectivity index (χ4v) is 3.60. The van der Waals surface area contributed by atoms with E-state index < -0.39 is 23.6 Å². The molecule has 2 aliphatic rings. The highest BCUT2D eigenvalue weighted by molar-refractivity contribution is 7.98. The van der Waals surface area contributed by atoms with Gasteiger partial charge in [0.15, 0.2) is 0 Å². The summed E-state index contributed by atoms with van der Waals surface area (Å²) in [5.74, 6) is -2.95. The molecule has 2 aromatic rings. The smallest absolute Gasteiger partial charge is 0.274 e. The van der Waals surface area contributed by atoms with Crippen molar-refractivity contribution in [2.75, 3.05) is 6.26 Å². The standard InChI is InChI=1S/C21H16N4O5S/c1-31-12-3-5-15(22-10-12)18(27)23-9-11-2-4-13-14(8-11)21(30)25(20(13)29)16-6-7-17(26)24-19(16)28/h2-6,8,10H,7,9H2,1H3,(H,23,27)(H,24,26,28). The van der Waals surface area contributed by atoms with Crippen LogP contribution in [-0.2, 0) is 16.1 Å². The summed E-state index contributed by atoms with van der Waals surface area (Å²) in [5.41, 5.74) is 0.986. The van der Waals surface area contributed by atoms with Crippen LogP contribution >= 0.6 is 11.8 Å². The topological polar surface area (TPSA) is 126 Å². The third-order valence-electron chi connectivity index (χ3n) is 4.82. The van der Waals surface area contributed by atoms with E-state index in [1.807, 2.05) is 6.26 Å². The van der Waals surface area contributed by atoms with Gasteiger partial charge in [0.1, 0.15) is 11.4 Å². The van der Waals surface area contributed by atoms with Crippen molar-refractivity contribution in [2.24, 2.45) is 0 Å². The Labute approximate surface area is 180 Å². The van der Waals surface area contributed by atoms with Crippen LogP contribution in [-0.4, -0.2) is 45.7 Å². The molecular weight excluding hydrogens is 420 g/mol. The first-order chi connectivity index (χ1) is 14.9. The SMILES string of the molecule is CSc1ccc(C(=O)NCc2ccc3c(c2)C(=O)N(C2=CCC(=O)NC2=O)C3=O)nc1. The van der Waals surface area contributed by atoms with Crippen LogP contribution in [0.3, 0.4) is 0 Å². The van der Waals surface area contributed by atoms with Gasteiger partial charge in [-0.25, -0.2) is 9.88 Å². The van der Waals surface area contributed by atoms with E-state index >= 15 is 0 Å². The Morgan fingerprint density at radius 1 is 1.13 bits per heavy atom. The maximum atomic E-state index is 12.8. The van der Waals surface area contributed by atoms with Crippen LogP contribution in [0.25, 0.3) is 0 Å². The number of carbonyl (C=O) groups excluding carboxylic acids is 5. The third-order valence-corrected chi connectivity index (χ3v) is 5.53. The lowest BCUT2D eigenvalue weighted by molar-refractivity contribution is -0.129. The second kappa shape index (κ2) is 8.15. The molecule has 5 amide bonds. The Morgan fingerprint density at radius 3 is 2.58 bits per heavy atom. The summed E-state index contributed by atoms with van der Waals surface area (Å²) < 4.78 is 0. The number of fused-ring (bicyclic) bond motifs is 1. The number of pyridine rings is 1. The van der Waals surface area contributed by atoms with Gasteiger partial charge in [-0.1, -0.05) is 6.07 Å². The van der Waals surface area contributed by atoms with Crippen molar-refractivity contribution >= 4 is 41.3 Å². The van der Waals surface area contributed by atoms with Crippen LogP contribution in [0.1, 0.15) is 43.2 Å². The molecule has 0 unspecified atom stereocenters. The maximum absolute atomic E-state index is 12.8. The number of carbonyl (C=O) groups is 5. The van der Waals surface area contributed by atoms with E-state index in [9.17, 15) is 24.0 Å². The summed E-state index contributed by atoms with van der Waals surface area (Å²) in [6.07, 6.45) is 4.68. The van der Waals surface area contributed by atoms with Gasteiger partial charge in [-0.3, -0.25) is 29.3 Å². The zero-order valence-electron chi connectivity index (χ0n) is 16.3. The number of nitrogens with one attached hydrogen (secondary N) is 2. The van der Waals surface area contributed by atoms with E-state index in [0.717, 1.165) is 9.80 Å². The maximum Gasteiger partial charge on any atom is 0.274 e. The van der Waals surface area contributed by atoms with Crippen LogP contribution < -0.4 is 10.6 Å². The third kappa shape index (κ3) is 3.84. The van der Waals surface area contributed by atoms with E-state index in [4.69, 9.17) is 0 Å². The second-order valence-electron chi connectivity index (χ2n) is 6.76. The zero-order chi connectivity index (χ0) is 22.1. The van der Waals surface area contributed by atoms with Crippen LogP contribution in [0.5, 0.6) is 0 Å². The molecule has 2 aliphatic heterocycles. The lowest BCUT2D eigenvalue weighted by atomic mass is 10.1. The lowest BCUT2D eigenvalue weighted by Gasteiger charge is -2.19. The highest BCUT2D eigenvalue weighted by Gasteiger charge is 2.41. The van der Waals surface area contributed by atoms with Crippen LogP contribution in [0.15, 0.2) is 53.2 Å². The number of thioether (sulfide) groups is 1. The molecule has 4 rings (SSSR count). The molecule has 0 fully saturated rings. The van der Waals surface area contributed by atoms with Crippen molar-refractivity contribution in [3.05, 3.63) is 70.7 Å². The number of benzene rings is 1. The normalized spacial score (nSPS) is 15.5. The number of hydrogen-bond acceptors (Lipinski definition) is 7. The van der Waals surface area contributed by atoms with Gasteiger partial charge in [0.25, 0.3) is 23.6 Å². The lowest BCUT2D eigenvalue weighted by Crippen LogP contribution is -2.43. The minimum atomic E-state index is -0.793. The van der Waals surface area contributed by atoms with Crippen molar-refractivity contribution in [1.29, 1.82) is 0 Å². The van der Waals surface area contributed by atoms with Gasteiger partial charge < -0.3 is 5.32 Å². The van der Waals surface area contributed by atoms with Crippen LogP contribution in [0.4, 0.5) is 0 Å². The Hall–Kier alpha value is -3.79. The number of hydrogen-bond donors (Lipinski definition) is 2. The van der Waals surface area contributed by atoms with Gasteiger partial charge in [0.2, 0.25) is 5.91 Å². The van der Waals surface area contributed by atoms with Crippen LogP contribution in [0.2, 0.25) is 0 Å². The molecule has 0 atom stereocenters. The summed E-state index contributed by atoms with van der Waals surface area (Å²) >= 11 is 1.52. The molecule has 0 bridgehead atoms. The van der Waals surface area contributed by atoms with Crippen LogP contribution in [0, 0.1) is 0 Å². The van der Waals surface area contributed by atoms with E-state index in [1.54, 1.807) is 24.4 Å². The molecule has 0 saturated carbocycles. The van der Waals surface area contributed by atoms with Gasteiger partial charge in [0, 0.05) is 24.1 Å². The second-order valence-corrected chi connectivity index (χ2v) is 7.64. The first kappa shape index (κ1) is 20.5. The molecule has 0 radical (unpaired) electrons. The van der Waals surface area contributed by atoms with Crippen molar-refractivity contribution in [2.45, 2.75) is 17.9 Å². The molecule has 9 nitrogen and oxygen atoms in total. The van der Waals surface area contributed by atoms with Crippen molar-refractivity contribution < 1.29 is 24.0 Å². The average Bonchev–Trinajstić information content (AvgIpc) is 3.02. The first-order valence-electron chi connectivity index (χ1n) is 9.23. The zero-order valence-corrected chi connectivity index (χ0v) is 17.1. The van der Waals surface area contributed by atoms with Gasteiger partial charge in [-0.05, 0) is 42.2 Å². The first-order valence-corrected chi connectivity index (χ1v) is 10.5. The summed E-state index contributed by atoms with van der Waals surface area (Å²) in [7, 11) is 0. The molecule has 1 aromatic carbocycles. The highest BCUT2D eigenvalue weighted by Crippen LogP contribution is 2.28. The quantitative estimate of drug-likeness (QED) is 0.534. The van der Waals surface area contributed by atoms with Gasteiger partial charge in [-0.15, -0.1) is 11.8 Å². The summed E-state index contributed by atoms with van der Waals surface area (Å²) in [5, 5.41) is 4.82. The predicted molar refractivity (Wildman–Crippen MR) is 110 cm³/mol. The van der Waals surface area contributed by atoms with E-state index in [1.165, 1.54) is 30.0 Å². The minimum absolute atomic E-state index is 0.0995. The van der Waals surface area contributed by atoms with Crippen molar-refractivity contribution in [3.63, 3.8) is 0 Å². The Kier molecular flexibility index (Phi) is 5.38.